The van der Waals surface area contributed by atoms with E-state index in [4.69, 9.17) is 11.6 Å². The van der Waals surface area contributed by atoms with Crippen molar-refractivity contribution < 1.29 is 0 Å². The molecule has 1 N–H and O–H groups in total. The van der Waals surface area contributed by atoms with E-state index >= 15 is 0 Å². The van der Waals surface area contributed by atoms with Crippen LogP contribution in [0.4, 0.5) is 5.69 Å². The van der Waals surface area contributed by atoms with Gasteiger partial charge in [0.1, 0.15) is 5.15 Å². The van der Waals surface area contributed by atoms with E-state index in [1.54, 1.807) is 6.20 Å². The fraction of sp³-hybridized carbons (Fsp3) is 0.100. The zero-order valence-corrected chi connectivity index (χ0v) is 7.97. The number of pyridine rings is 1. The molecule has 0 aliphatic carbocycles. The molecule has 0 amide bonds. The minimum Gasteiger partial charge on any atom is -0.388 e. The number of rotatable bonds is 1. The summed E-state index contributed by atoms with van der Waals surface area (Å²) < 4.78 is 0. The molecule has 1 aromatic heterocycles. The van der Waals surface area contributed by atoms with E-state index < -0.39 is 0 Å². The van der Waals surface area contributed by atoms with Crippen LogP contribution in [0.3, 0.4) is 0 Å². The van der Waals surface area contributed by atoms with E-state index in [1.165, 1.54) is 0 Å². The number of anilines is 1. The average molecular weight is 193 g/mol. The number of nitrogens with one attached hydrogen (secondary N) is 1. The summed E-state index contributed by atoms with van der Waals surface area (Å²) in [6.07, 6.45) is 1.78. The van der Waals surface area contributed by atoms with Crippen LogP contribution in [0.1, 0.15) is 0 Å². The standard InChI is InChI=1S/C10H9ClN2/c1-12-9-3-2-7-5-10(11)13-6-8(7)4-9/h2-6,12H,1H3. The molecule has 0 spiro atoms. The fourth-order valence-electron chi connectivity index (χ4n) is 1.27. The summed E-state index contributed by atoms with van der Waals surface area (Å²) in [4.78, 5) is 4.02. The molecule has 1 heterocycles. The molecule has 0 radical (unpaired) electrons. The predicted molar refractivity (Wildman–Crippen MR) is 56.3 cm³/mol. The minimum atomic E-state index is 0.532. The second-order valence-electron chi connectivity index (χ2n) is 2.82. The summed E-state index contributed by atoms with van der Waals surface area (Å²) in [7, 11) is 1.89. The predicted octanol–water partition coefficient (Wildman–Crippen LogP) is 2.93. The largest absolute Gasteiger partial charge is 0.388 e. The summed E-state index contributed by atoms with van der Waals surface area (Å²) >= 11 is 5.77. The monoisotopic (exact) mass is 192 g/mol. The van der Waals surface area contributed by atoms with Crippen molar-refractivity contribution in [2.45, 2.75) is 0 Å². The molecule has 0 fully saturated rings. The molecule has 66 valence electrons. The van der Waals surface area contributed by atoms with Crippen LogP contribution in [0, 0.1) is 0 Å². The highest BCUT2D eigenvalue weighted by Crippen LogP contribution is 2.20. The topological polar surface area (TPSA) is 24.9 Å². The van der Waals surface area contributed by atoms with E-state index in [2.05, 4.69) is 10.3 Å². The summed E-state index contributed by atoms with van der Waals surface area (Å²) in [5.74, 6) is 0. The van der Waals surface area contributed by atoms with Crippen molar-refractivity contribution in [3.63, 3.8) is 0 Å². The summed E-state index contributed by atoms with van der Waals surface area (Å²) in [6.45, 7) is 0. The molecule has 0 atom stereocenters. The molecule has 2 rings (SSSR count). The number of hydrogen-bond donors (Lipinski definition) is 1. The maximum atomic E-state index is 5.77. The first-order chi connectivity index (χ1) is 6.29. The molecule has 0 saturated carbocycles. The van der Waals surface area contributed by atoms with Gasteiger partial charge in [-0.1, -0.05) is 17.7 Å². The van der Waals surface area contributed by atoms with Gasteiger partial charge in [0.05, 0.1) is 0 Å². The Balaban J connectivity index is 2.66. The lowest BCUT2D eigenvalue weighted by molar-refractivity contribution is 1.36. The molecule has 0 aliphatic rings. The van der Waals surface area contributed by atoms with Crippen LogP contribution in [-0.2, 0) is 0 Å². The van der Waals surface area contributed by atoms with Gasteiger partial charge in [-0.3, -0.25) is 0 Å². The fourth-order valence-corrected chi connectivity index (χ4v) is 1.44. The number of fused-ring (bicyclic) bond motifs is 1. The third kappa shape index (κ3) is 1.58. The Hall–Kier alpha value is -1.28. The van der Waals surface area contributed by atoms with Crippen molar-refractivity contribution in [3.05, 3.63) is 35.6 Å². The SMILES string of the molecule is CNc1ccc2cc(Cl)ncc2c1. The van der Waals surface area contributed by atoms with Gasteiger partial charge in [-0.15, -0.1) is 0 Å². The highest BCUT2D eigenvalue weighted by molar-refractivity contribution is 6.30. The molecule has 0 aliphatic heterocycles. The first-order valence-corrected chi connectivity index (χ1v) is 4.40. The highest BCUT2D eigenvalue weighted by atomic mass is 35.5. The van der Waals surface area contributed by atoms with Crippen LogP contribution >= 0.6 is 11.6 Å². The Morgan fingerprint density at radius 2 is 2.08 bits per heavy atom. The van der Waals surface area contributed by atoms with Gasteiger partial charge in [-0.25, -0.2) is 4.98 Å². The van der Waals surface area contributed by atoms with E-state index in [-0.39, 0.29) is 0 Å². The lowest BCUT2D eigenvalue weighted by Crippen LogP contribution is -1.87. The van der Waals surface area contributed by atoms with Crippen LogP contribution in [-0.4, -0.2) is 12.0 Å². The Morgan fingerprint density at radius 1 is 1.23 bits per heavy atom. The molecular formula is C10H9ClN2. The smallest absolute Gasteiger partial charge is 0.129 e. The Bertz CT molecular complexity index is 440. The molecule has 0 saturated heterocycles. The van der Waals surface area contributed by atoms with Crippen molar-refractivity contribution in [1.29, 1.82) is 0 Å². The van der Waals surface area contributed by atoms with Gasteiger partial charge in [0.25, 0.3) is 0 Å². The van der Waals surface area contributed by atoms with E-state index in [0.29, 0.717) is 5.15 Å². The summed E-state index contributed by atoms with van der Waals surface area (Å²) in [6, 6.07) is 7.93. The molecule has 0 bridgehead atoms. The molecule has 2 aromatic rings. The zero-order chi connectivity index (χ0) is 9.26. The van der Waals surface area contributed by atoms with Gasteiger partial charge in [-0.2, -0.15) is 0 Å². The molecule has 0 unspecified atom stereocenters. The molecule has 1 aromatic carbocycles. The van der Waals surface area contributed by atoms with Crippen LogP contribution in [0.2, 0.25) is 5.15 Å². The second kappa shape index (κ2) is 3.23. The lowest BCUT2D eigenvalue weighted by Gasteiger charge is -2.02. The Morgan fingerprint density at radius 3 is 2.85 bits per heavy atom. The van der Waals surface area contributed by atoms with Gasteiger partial charge in [0.15, 0.2) is 0 Å². The quantitative estimate of drug-likeness (QED) is 0.703. The van der Waals surface area contributed by atoms with Crippen LogP contribution in [0.5, 0.6) is 0 Å². The van der Waals surface area contributed by atoms with Gasteiger partial charge in [0, 0.05) is 24.3 Å². The van der Waals surface area contributed by atoms with Crippen molar-refractivity contribution in [2.24, 2.45) is 0 Å². The van der Waals surface area contributed by atoms with Crippen molar-refractivity contribution in [1.82, 2.24) is 4.98 Å². The van der Waals surface area contributed by atoms with Gasteiger partial charge < -0.3 is 5.32 Å². The van der Waals surface area contributed by atoms with Crippen molar-refractivity contribution in [2.75, 3.05) is 12.4 Å². The first-order valence-electron chi connectivity index (χ1n) is 4.02. The molecular weight excluding hydrogens is 184 g/mol. The summed E-state index contributed by atoms with van der Waals surface area (Å²) in [5, 5.41) is 5.81. The normalized spacial score (nSPS) is 10.3. The van der Waals surface area contributed by atoms with E-state index in [0.717, 1.165) is 16.5 Å². The summed E-state index contributed by atoms with van der Waals surface area (Å²) in [5.41, 5.74) is 1.08. The maximum Gasteiger partial charge on any atom is 0.129 e. The van der Waals surface area contributed by atoms with Crippen molar-refractivity contribution in [3.8, 4) is 0 Å². The van der Waals surface area contributed by atoms with Gasteiger partial charge >= 0.3 is 0 Å². The van der Waals surface area contributed by atoms with Crippen LogP contribution < -0.4 is 5.32 Å². The van der Waals surface area contributed by atoms with Crippen LogP contribution in [0.15, 0.2) is 30.5 Å². The van der Waals surface area contributed by atoms with Crippen LogP contribution in [0.25, 0.3) is 10.8 Å². The minimum absolute atomic E-state index is 0.532. The van der Waals surface area contributed by atoms with Gasteiger partial charge in [-0.05, 0) is 23.6 Å². The Labute approximate surface area is 81.6 Å². The third-order valence-electron chi connectivity index (χ3n) is 1.98. The molecule has 13 heavy (non-hydrogen) atoms. The van der Waals surface area contributed by atoms with Crippen molar-refractivity contribution >= 4 is 28.1 Å². The van der Waals surface area contributed by atoms with E-state index in [9.17, 15) is 0 Å². The third-order valence-corrected chi connectivity index (χ3v) is 2.18. The van der Waals surface area contributed by atoms with E-state index in [1.807, 2.05) is 31.3 Å². The average Bonchev–Trinajstić information content (AvgIpc) is 2.17. The molecule has 3 heteroatoms. The number of hydrogen-bond acceptors (Lipinski definition) is 2. The maximum absolute atomic E-state index is 5.77. The van der Waals surface area contributed by atoms with Gasteiger partial charge in [0.2, 0.25) is 0 Å². The number of nitrogens with zero attached hydrogens (tertiary/aromatic N) is 1. The Kier molecular flexibility index (Phi) is 2.07. The number of benzene rings is 1. The first kappa shape index (κ1) is 8.32. The molecule has 2 nitrogen and oxygen atoms in total. The zero-order valence-electron chi connectivity index (χ0n) is 7.21. The number of aromatic nitrogens is 1. The highest BCUT2D eigenvalue weighted by Gasteiger charge is 1.96. The number of halogens is 1. The lowest BCUT2D eigenvalue weighted by atomic mass is 10.1. The second-order valence-corrected chi connectivity index (χ2v) is 3.21.